The quantitative estimate of drug-likeness (QED) is 0.717. The van der Waals surface area contributed by atoms with Gasteiger partial charge in [-0.1, -0.05) is 6.58 Å². The molecule has 0 radical (unpaired) electrons. The number of nitrogens with one attached hydrogen (secondary N) is 1. The standard InChI is InChI=1S/C11H10N2O/c1-7-10(8(2)11(7)14)13-9-3-5-12-6-4-9/h3-6H,1H2,2H3,(H,12,13). The fourth-order valence-electron chi connectivity index (χ4n) is 1.37. The zero-order valence-corrected chi connectivity index (χ0v) is 7.87. The van der Waals surface area contributed by atoms with Gasteiger partial charge in [0.15, 0.2) is 5.78 Å². The van der Waals surface area contributed by atoms with Gasteiger partial charge in [-0.25, -0.2) is 0 Å². The number of pyridine rings is 1. The van der Waals surface area contributed by atoms with Crippen LogP contribution in [0.5, 0.6) is 0 Å². The molecule has 0 aliphatic heterocycles. The van der Waals surface area contributed by atoms with Crippen molar-refractivity contribution in [3.05, 3.63) is 47.9 Å². The summed E-state index contributed by atoms with van der Waals surface area (Å²) >= 11 is 0. The van der Waals surface area contributed by atoms with Crippen LogP contribution in [0.1, 0.15) is 6.92 Å². The molecule has 70 valence electrons. The van der Waals surface area contributed by atoms with E-state index in [-0.39, 0.29) is 5.78 Å². The number of ketones is 1. The Bertz CT molecular complexity index is 432. The number of hydrogen-bond acceptors (Lipinski definition) is 3. The Morgan fingerprint density at radius 1 is 1.36 bits per heavy atom. The second kappa shape index (κ2) is 3.10. The molecule has 14 heavy (non-hydrogen) atoms. The van der Waals surface area contributed by atoms with Gasteiger partial charge in [0.05, 0.1) is 5.70 Å². The predicted molar refractivity (Wildman–Crippen MR) is 54.7 cm³/mol. The molecule has 0 amide bonds. The third-order valence-electron chi connectivity index (χ3n) is 2.24. The lowest BCUT2D eigenvalue weighted by molar-refractivity contribution is -0.113. The van der Waals surface area contributed by atoms with E-state index in [1.807, 2.05) is 12.1 Å². The summed E-state index contributed by atoms with van der Waals surface area (Å²) in [4.78, 5) is 15.1. The van der Waals surface area contributed by atoms with Gasteiger partial charge in [-0.3, -0.25) is 9.78 Å². The lowest BCUT2D eigenvalue weighted by Crippen LogP contribution is -2.24. The van der Waals surface area contributed by atoms with Crippen LogP contribution in [0.3, 0.4) is 0 Å². The molecule has 0 unspecified atom stereocenters. The van der Waals surface area contributed by atoms with E-state index in [0.29, 0.717) is 5.57 Å². The van der Waals surface area contributed by atoms with Crippen LogP contribution in [-0.2, 0) is 4.79 Å². The van der Waals surface area contributed by atoms with E-state index < -0.39 is 0 Å². The van der Waals surface area contributed by atoms with Gasteiger partial charge in [-0.2, -0.15) is 0 Å². The van der Waals surface area contributed by atoms with Gasteiger partial charge in [-0.15, -0.1) is 0 Å². The van der Waals surface area contributed by atoms with Crippen molar-refractivity contribution < 1.29 is 4.79 Å². The number of carbonyl (C=O) groups is 1. The van der Waals surface area contributed by atoms with Gasteiger partial charge in [0.1, 0.15) is 0 Å². The Morgan fingerprint density at radius 2 is 2.00 bits per heavy atom. The molecule has 0 atom stereocenters. The molecule has 1 aliphatic carbocycles. The molecule has 1 N–H and O–H groups in total. The normalized spacial score (nSPS) is 15.5. The van der Waals surface area contributed by atoms with E-state index in [2.05, 4.69) is 16.9 Å². The maximum Gasteiger partial charge on any atom is 0.192 e. The average Bonchev–Trinajstić information content (AvgIpc) is 2.26. The van der Waals surface area contributed by atoms with Gasteiger partial charge < -0.3 is 5.32 Å². The Hall–Kier alpha value is -1.90. The Labute approximate surface area is 82.2 Å². The first-order valence-electron chi connectivity index (χ1n) is 4.32. The lowest BCUT2D eigenvalue weighted by Gasteiger charge is -2.23. The summed E-state index contributed by atoms with van der Waals surface area (Å²) in [6.07, 6.45) is 3.39. The van der Waals surface area contributed by atoms with Crippen LogP contribution in [0.25, 0.3) is 0 Å². The number of nitrogens with zero attached hydrogens (tertiary/aromatic N) is 1. The molecule has 2 rings (SSSR count). The largest absolute Gasteiger partial charge is 0.355 e. The van der Waals surface area contributed by atoms with Crippen LogP contribution in [0.15, 0.2) is 47.9 Å². The second-order valence-electron chi connectivity index (χ2n) is 3.17. The number of hydrogen-bond donors (Lipinski definition) is 1. The summed E-state index contributed by atoms with van der Waals surface area (Å²) in [5.41, 5.74) is 3.05. The molecular formula is C11H10N2O. The molecule has 1 aromatic heterocycles. The third kappa shape index (κ3) is 1.23. The Balaban J connectivity index is 2.22. The summed E-state index contributed by atoms with van der Waals surface area (Å²) in [5, 5.41) is 3.13. The van der Waals surface area contributed by atoms with E-state index in [1.54, 1.807) is 19.3 Å². The summed E-state index contributed by atoms with van der Waals surface area (Å²) in [6.45, 7) is 5.48. The van der Waals surface area contributed by atoms with E-state index in [1.165, 1.54) is 0 Å². The first-order chi connectivity index (χ1) is 6.70. The van der Waals surface area contributed by atoms with Crippen molar-refractivity contribution in [2.75, 3.05) is 5.32 Å². The van der Waals surface area contributed by atoms with Crippen molar-refractivity contribution in [1.29, 1.82) is 0 Å². The topological polar surface area (TPSA) is 42.0 Å². The van der Waals surface area contributed by atoms with Crippen molar-refractivity contribution in [1.82, 2.24) is 4.98 Å². The molecule has 0 bridgehead atoms. The number of allylic oxidation sites excluding steroid dienone is 2. The minimum Gasteiger partial charge on any atom is -0.355 e. The molecule has 3 nitrogen and oxygen atoms in total. The highest BCUT2D eigenvalue weighted by Crippen LogP contribution is 2.29. The monoisotopic (exact) mass is 186 g/mol. The zero-order chi connectivity index (χ0) is 10.1. The van der Waals surface area contributed by atoms with Crippen LogP contribution in [-0.4, -0.2) is 10.8 Å². The zero-order valence-electron chi connectivity index (χ0n) is 7.87. The van der Waals surface area contributed by atoms with Crippen molar-refractivity contribution in [2.45, 2.75) is 6.92 Å². The van der Waals surface area contributed by atoms with Crippen molar-refractivity contribution in [2.24, 2.45) is 0 Å². The minimum absolute atomic E-state index is 0.0431. The first-order valence-corrected chi connectivity index (χ1v) is 4.32. The minimum atomic E-state index is 0.0431. The maximum absolute atomic E-state index is 11.2. The van der Waals surface area contributed by atoms with Gasteiger partial charge >= 0.3 is 0 Å². The Kier molecular flexibility index (Phi) is 1.93. The molecule has 0 fully saturated rings. The smallest absolute Gasteiger partial charge is 0.192 e. The van der Waals surface area contributed by atoms with E-state index in [0.717, 1.165) is 17.0 Å². The molecule has 0 saturated carbocycles. The molecule has 3 heteroatoms. The van der Waals surface area contributed by atoms with Crippen molar-refractivity contribution in [3.63, 3.8) is 0 Å². The summed E-state index contributed by atoms with van der Waals surface area (Å²) in [5.74, 6) is 0.0431. The van der Waals surface area contributed by atoms with E-state index in [9.17, 15) is 4.79 Å². The highest BCUT2D eigenvalue weighted by Gasteiger charge is 2.28. The lowest BCUT2D eigenvalue weighted by atomic mass is 9.89. The molecule has 0 aromatic carbocycles. The number of rotatable bonds is 2. The van der Waals surface area contributed by atoms with Crippen molar-refractivity contribution in [3.8, 4) is 0 Å². The molecule has 0 spiro atoms. The highest BCUT2D eigenvalue weighted by atomic mass is 16.1. The van der Waals surface area contributed by atoms with Crippen LogP contribution < -0.4 is 5.32 Å². The maximum atomic E-state index is 11.2. The summed E-state index contributed by atoms with van der Waals surface area (Å²) in [7, 11) is 0. The van der Waals surface area contributed by atoms with Gasteiger partial charge in [0, 0.05) is 29.2 Å². The van der Waals surface area contributed by atoms with E-state index in [4.69, 9.17) is 0 Å². The summed E-state index contributed by atoms with van der Waals surface area (Å²) < 4.78 is 0. The third-order valence-corrected chi connectivity index (χ3v) is 2.24. The number of anilines is 1. The number of Topliss-reactive ketones (excluding diaryl/α,β-unsaturated/α-hetero) is 1. The number of carbonyl (C=O) groups excluding carboxylic acids is 1. The van der Waals surface area contributed by atoms with Crippen LogP contribution in [0.2, 0.25) is 0 Å². The fourth-order valence-corrected chi connectivity index (χ4v) is 1.37. The molecule has 1 heterocycles. The highest BCUT2D eigenvalue weighted by molar-refractivity contribution is 6.19. The first kappa shape index (κ1) is 8.69. The SMILES string of the molecule is C=C1C(=O)C(C)=C1Nc1ccncc1. The molecule has 1 aliphatic rings. The van der Waals surface area contributed by atoms with E-state index >= 15 is 0 Å². The molecular weight excluding hydrogens is 176 g/mol. The van der Waals surface area contributed by atoms with Gasteiger partial charge in [0.2, 0.25) is 0 Å². The summed E-state index contributed by atoms with van der Waals surface area (Å²) in [6, 6.07) is 3.69. The number of aromatic nitrogens is 1. The van der Waals surface area contributed by atoms with Gasteiger partial charge in [-0.05, 0) is 19.1 Å². The molecule has 1 aromatic rings. The average molecular weight is 186 g/mol. The molecule has 0 saturated heterocycles. The fraction of sp³-hybridized carbons (Fsp3) is 0.0909. The van der Waals surface area contributed by atoms with Gasteiger partial charge in [0.25, 0.3) is 0 Å². The van der Waals surface area contributed by atoms with Crippen LogP contribution in [0.4, 0.5) is 5.69 Å². The van der Waals surface area contributed by atoms with Crippen molar-refractivity contribution >= 4 is 11.5 Å². The van der Waals surface area contributed by atoms with Crippen LogP contribution >= 0.6 is 0 Å². The Morgan fingerprint density at radius 3 is 2.57 bits per heavy atom. The second-order valence-corrected chi connectivity index (χ2v) is 3.17. The predicted octanol–water partition coefficient (Wildman–Crippen LogP) is 1.91. The van der Waals surface area contributed by atoms with Crippen LogP contribution in [0, 0.1) is 0 Å².